The Morgan fingerprint density at radius 1 is 1.04 bits per heavy atom. The number of rotatable bonds is 3. The summed E-state index contributed by atoms with van der Waals surface area (Å²) in [6.45, 7) is 7.49. The molecule has 0 aromatic heterocycles. The molecule has 5 heteroatoms. The Kier molecular flexibility index (Phi) is 4.90. The van der Waals surface area contributed by atoms with Crippen molar-refractivity contribution in [1.82, 2.24) is 5.32 Å². The molecule has 2 aromatic rings. The number of thiocarbonyl (C=S) groups is 1. The van der Waals surface area contributed by atoms with Gasteiger partial charge in [-0.2, -0.15) is 0 Å². The average molecular weight is 342 g/mol. The zero-order valence-corrected chi connectivity index (χ0v) is 15.0. The number of hydrogen-bond donors (Lipinski definition) is 2. The fourth-order valence-corrected chi connectivity index (χ4v) is 3.08. The van der Waals surface area contributed by atoms with Crippen molar-refractivity contribution in [1.29, 1.82) is 0 Å². The van der Waals surface area contributed by atoms with Gasteiger partial charge in [-0.05, 0) is 56.2 Å². The van der Waals surface area contributed by atoms with Crippen LogP contribution in [-0.2, 0) is 0 Å². The van der Waals surface area contributed by atoms with Crippen molar-refractivity contribution in [2.24, 2.45) is 0 Å². The van der Waals surface area contributed by atoms with Gasteiger partial charge in [0.1, 0.15) is 13.2 Å². The summed E-state index contributed by atoms with van der Waals surface area (Å²) in [6.07, 6.45) is 0. The zero-order chi connectivity index (χ0) is 17.1. The second-order valence-electron chi connectivity index (χ2n) is 6.04. The van der Waals surface area contributed by atoms with E-state index in [0.29, 0.717) is 18.3 Å². The van der Waals surface area contributed by atoms with E-state index in [2.05, 4.69) is 49.6 Å². The molecule has 0 spiro atoms. The second-order valence-corrected chi connectivity index (χ2v) is 6.45. The number of ether oxygens (including phenoxy) is 2. The number of aryl methyl sites for hydroxylation is 2. The predicted octanol–water partition coefficient (Wildman–Crippen LogP) is 4.12. The Labute approximate surface area is 148 Å². The first-order valence-electron chi connectivity index (χ1n) is 8.07. The molecule has 2 aromatic carbocycles. The summed E-state index contributed by atoms with van der Waals surface area (Å²) >= 11 is 5.45. The number of nitrogens with one attached hydrogen (secondary N) is 2. The molecule has 0 saturated carbocycles. The fourth-order valence-electron chi connectivity index (χ4n) is 2.79. The van der Waals surface area contributed by atoms with Gasteiger partial charge in [-0.3, -0.25) is 0 Å². The summed E-state index contributed by atoms with van der Waals surface area (Å²) in [5, 5.41) is 7.14. The van der Waals surface area contributed by atoms with Crippen molar-refractivity contribution in [3.63, 3.8) is 0 Å². The smallest absolute Gasteiger partial charge is 0.171 e. The van der Waals surface area contributed by atoms with Gasteiger partial charge in [-0.15, -0.1) is 0 Å². The largest absolute Gasteiger partial charge is 0.486 e. The molecular formula is C19H22N2O2S. The van der Waals surface area contributed by atoms with Gasteiger partial charge >= 0.3 is 0 Å². The van der Waals surface area contributed by atoms with Crippen LogP contribution in [-0.4, -0.2) is 18.3 Å². The Morgan fingerprint density at radius 3 is 2.58 bits per heavy atom. The normalized spacial score (nSPS) is 14.0. The van der Waals surface area contributed by atoms with Gasteiger partial charge in [0.15, 0.2) is 16.6 Å². The van der Waals surface area contributed by atoms with Crippen LogP contribution in [0.25, 0.3) is 0 Å². The average Bonchev–Trinajstić information content (AvgIpc) is 2.56. The Balaban J connectivity index is 1.66. The van der Waals surface area contributed by atoms with Gasteiger partial charge in [0.2, 0.25) is 0 Å². The van der Waals surface area contributed by atoms with Crippen molar-refractivity contribution < 1.29 is 9.47 Å². The van der Waals surface area contributed by atoms with E-state index < -0.39 is 0 Å². The molecule has 0 radical (unpaired) electrons. The van der Waals surface area contributed by atoms with Crippen LogP contribution in [0.5, 0.6) is 11.5 Å². The number of hydrogen-bond acceptors (Lipinski definition) is 3. The first-order chi connectivity index (χ1) is 11.5. The number of fused-ring (bicyclic) bond motifs is 1. The molecule has 3 rings (SSSR count). The molecule has 1 atom stereocenters. The Bertz CT molecular complexity index is 761. The van der Waals surface area contributed by atoms with Crippen molar-refractivity contribution >= 4 is 23.0 Å². The minimum Gasteiger partial charge on any atom is -0.486 e. The minimum atomic E-state index is 0.127. The van der Waals surface area contributed by atoms with Crippen LogP contribution in [0.4, 0.5) is 5.69 Å². The molecule has 0 aliphatic carbocycles. The van der Waals surface area contributed by atoms with E-state index in [1.807, 2.05) is 18.2 Å². The maximum atomic E-state index is 5.60. The Morgan fingerprint density at radius 2 is 1.79 bits per heavy atom. The quantitative estimate of drug-likeness (QED) is 0.821. The van der Waals surface area contributed by atoms with Gasteiger partial charge < -0.3 is 20.1 Å². The lowest BCUT2D eigenvalue weighted by Crippen LogP contribution is -2.31. The molecule has 1 aliphatic rings. The monoisotopic (exact) mass is 342 g/mol. The van der Waals surface area contributed by atoms with Crippen LogP contribution in [0, 0.1) is 13.8 Å². The molecule has 1 heterocycles. The molecule has 1 aliphatic heterocycles. The molecule has 126 valence electrons. The first kappa shape index (κ1) is 16.6. The zero-order valence-electron chi connectivity index (χ0n) is 14.2. The summed E-state index contributed by atoms with van der Waals surface area (Å²) in [6, 6.07) is 12.3. The molecule has 0 unspecified atom stereocenters. The Hall–Kier alpha value is -2.27. The van der Waals surface area contributed by atoms with Crippen molar-refractivity contribution in [2.75, 3.05) is 18.5 Å². The molecule has 0 bridgehead atoms. The number of anilines is 1. The third-order valence-electron chi connectivity index (χ3n) is 4.05. The summed E-state index contributed by atoms with van der Waals surface area (Å²) < 4.78 is 11.1. The standard InChI is InChI=1S/C19H22N2O2S/c1-12-4-5-13(2)16(10-12)14(3)20-19(24)21-15-6-7-17-18(11-15)23-9-8-22-17/h4-7,10-11,14H,8-9H2,1-3H3,(H2,20,21,24)/t14-/m1/s1. The lowest BCUT2D eigenvalue weighted by Gasteiger charge is -2.21. The second kappa shape index (κ2) is 7.09. The molecule has 0 fully saturated rings. The van der Waals surface area contributed by atoms with Crippen LogP contribution in [0.3, 0.4) is 0 Å². The SMILES string of the molecule is Cc1ccc(C)c([C@@H](C)NC(=S)Nc2ccc3c(c2)OCCO3)c1. The maximum absolute atomic E-state index is 5.60. The predicted molar refractivity (Wildman–Crippen MR) is 101 cm³/mol. The molecule has 0 amide bonds. The summed E-state index contributed by atoms with van der Waals surface area (Å²) in [7, 11) is 0. The molecule has 0 saturated heterocycles. The summed E-state index contributed by atoms with van der Waals surface area (Å²) in [4.78, 5) is 0. The molecular weight excluding hydrogens is 320 g/mol. The summed E-state index contributed by atoms with van der Waals surface area (Å²) in [5.41, 5.74) is 4.63. The minimum absolute atomic E-state index is 0.127. The third-order valence-corrected chi connectivity index (χ3v) is 4.27. The third kappa shape index (κ3) is 3.79. The van der Waals surface area contributed by atoms with Crippen LogP contribution in [0.15, 0.2) is 36.4 Å². The van der Waals surface area contributed by atoms with Crippen LogP contribution in [0.1, 0.15) is 29.7 Å². The van der Waals surface area contributed by atoms with Crippen molar-refractivity contribution in [2.45, 2.75) is 26.8 Å². The van der Waals surface area contributed by atoms with Crippen LogP contribution < -0.4 is 20.1 Å². The lowest BCUT2D eigenvalue weighted by atomic mass is 10.0. The highest BCUT2D eigenvalue weighted by molar-refractivity contribution is 7.80. The van der Waals surface area contributed by atoms with Gasteiger partial charge in [0, 0.05) is 11.8 Å². The van der Waals surface area contributed by atoms with E-state index in [-0.39, 0.29) is 6.04 Å². The lowest BCUT2D eigenvalue weighted by molar-refractivity contribution is 0.171. The van der Waals surface area contributed by atoms with Gasteiger partial charge in [-0.25, -0.2) is 0 Å². The number of benzene rings is 2. The van der Waals surface area contributed by atoms with E-state index >= 15 is 0 Å². The fraction of sp³-hybridized carbons (Fsp3) is 0.316. The van der Waals surface area contributed by atoms with E-state index in [0.717, 1.165) is 17.2 Å². The highest BCUT2D eigenvalue weighted by Gasteiger charge is 2.13. The van der Waals surface area contributed by atoms with Crippen LogP contribution in [0.2, 0.25) is 0 Å². The van der Waals surface area contributed by atoms with Gasteiger partial charge in [0.25, 0.3) is 0 Å². The van der Waals surface area contributed by atoms with E-state index in [9.17, 15) is 0 Å². The van der Waals surface area contributed by atoms with Crippen molar-refractivity contribution in [3.05, 3.63) is 53.1 Å². The maximum Gasteiger partial charge on any atom is 0.171 e. The van der Waals surface area contributed by atoms with E-state index in [1.54, 1.807) is 0 Å². The molecule has 24 heavy (non-hydrogen) atoms. The topological polar surface area (TPSA) is 42.5 Å². The first-order valence-corrected chi connectivity index (χ1v) is 8.48. The summed E-state index contributed by atoms with van der Waals surface area (Å²) in [5.74, 6) is 1.52. The van der Waals surface area contributed by atoms with Crippen LogP contribution >= 0.6 is 12.2 Å². The van der Waals surface area contributed by atoms with Gasteiger partial charge in [-0.1, -0.05) is 23.8 Å². The van der Waals surface area contributed by atoms with Gasteiger partial charge in [0.05, 0.1) is 6.04 Å². The van der Waals surface area contributed by atoms with E-state index in [4.69, 9.17) is 21.7 Å². The van der Waals surface area contributed by atoms with E-state index in [1.165, 1.54) is 16.7 Å². The molecule has 4 nitrogen and oxygen atoms in total. The molecule has 2 N–H and O–H groups in total. The highest BCUT2D eigenvalue weighted by Crippen LogP contribution is 2.32. The van der Waals surface area contributed by atoms with Crippen molar-refractivity contribution in [3.8, 4) is 11.5 Å². The highest BCUT2D eigenvalue weighted by atomic mass is 32.1.